The molecule has 0 radical (unpaired) electrons. The minimum Gasteiger partial charge on any atom is -0.315 e. The van der Waals surface area contributed by atoms with Gasteiger partial charge >= 0.3 is 6.03 Å². The molecule has 0 bridgehead atoms. The third-order valence-electron chi connectivity index (χ3n) is 4.15. The van der Waals surface area contributed by atoms with Crippen molar-refractivity contribution in [2.45, 2.75) is 25.9 Å². The number of imide groups is 1. The molecule has 1 unspecified atom stereocenters. The quantitative estimate of drug-likeness (QED) is 0.790. The van der Waals surface area contributed by atoms with Gasteiger partial charge in [0.2, 0.25) is 0 Å². The van der Waals surface area contributed by atoms with Crippen molar-refractivity contribution >= 4 is 11.9 Å². The molecule has 1 aliphatic heterocycles. The van der Waals surface area contributed by atoms with Crippen LogP contribution in [0.2, 0.25) is 0 Å². The highest BCUT2D eigenvalue weighted by Crippen LogP contribution is 2.18. The lowest BCUT2D eigenvalue weighted by Crippen LogP contribution is -2.34. The van der Waals surface area contributed by atoms with Gasteiger partial charge in [0.05, 0.1) is 6.54 Å². The summed E-state index contributed by atoms with van der Waals surface area (Å²) in [7, 11) is 3.07. The maximum atomic E-state index is 13.0. The number of halogens is 1. The van der Waals surface area contributed by atoms with E-state index in [0.29, 0.717) is 18.2 Å². The number of aryl methyl sites for hydroxylation is 1. The first-order valence-electron chi connectivity index (χ1n) is 7.56. The van der Waals surface area contributed by atoms with Gasteiger partial charge in [-0.1, -0.05) is 12.1 Å². The molecule has 2 heterocycles. The Morgan fingerprint density at radius 2 is 1.83 bits per heavy atom. The SMILES string of the molecule is Cc1nc(CC2C(=O)N(C)C(=O)N2C)n(Cc2ccc(F)cc2)n1. The Kier molecular flexibility index (Phi) is 4.04. The number of benzene rings is 1. The second kappa shape index (κ2) is 6.03. The number of carbonyl (C=O) groups is 2. The molecule has 7 nitrogen and oxygen atoms in total. The molecule has 1 aromatic heterocycles. The summed E-state index contributed by atoms with van der Waals surface area (Å²) in [5, 5.41) is 4.34. The van der Waals surface area contributed by atoms with Crippen LogP contribution in [0.25, 0.3) is 0 Å². The Morgan fingerprint density at radius 1 is 1.17 bits per heavy atom. The van der Waals surface area contributed by atoms with Crippen molar-refractivity contribution < 1.29 is 14.0 Å². The van der Waals surface area contributed by atoms with Crippen molar-refractivity contribution in [3.05, 3.63) is 47.3 Å². The van der Waals surface area contributed by atoms with Crippen LogP contribution in [-0.2, 0) is 17.8 Å². The van der Waals surface area contributed by atoms with Crippen LogP contribution in [0.4, 0.5) is 9.18 Å². The van der Waals surface area contributed by atoms with E-state index in [1.807, 2.05) is 0 Å². The van der Waals surface area contributed by atoms with Crippen LogP contribution in [0.15, 0.2) is 24.3 Å². The Morgan fingerprint density at radius 3 is 2.42 bits per heavy atom. The van der Waals surface area contributed by atoms with Crippen LogP contribution in [-0.4, -0.2) is 56.6 Å². The van der Waals surface area contributed by atoms with Gasteiger partial charge < -0.3 is 4.90 Å². The van der Waals surface area contributed by atoms with Gasteiger partial charge in [-0.2, -0.15) is 5.10 Å². The molecule has 1 aromatic carbocycles. The molecule has 24 heavy (non-hydrogen) atoms. The standard InChI is InChI=1S/C16H18FN5O2/c1-10-18-14(8-13-15(23)21(3)16(24)20(13)2)22(19-10)9-11-4-6-12(17)7-5-11/h4-7,13H,8-9H2,1-3H3. The van der Waals surface area contributed by atoms with Gasteiger partial charge in [0.15, 0.2) is 0 Å². The largest absolute Gasteiger partial charge is 0.326 e. The zero-order valence-corrected chi connectivity index (χ0v) is 13.7. The van der Waals surface area contributed by atoms with Gasteiger partial charge in [0, 0.05) is 20.5 Å². The number of likely N-dealkylation sites (N-methyl/N-ethyl adjacent to an activating group) is 2. The first kappa shape index (κ1) is 16.1. The normalized spacial score (nSPS) is 17.9. The lowest BCUT2D eigenvalue weighted by molar-refractivity contribution is -0.127. The summed E-state index contributed by atoms with van der Waals surface area (Å²) in [6.07, 6.45) is 0.285. The Balaban J connectivity index is 1.83. The second-order valence-corrected chi connectivity index (χ2v) is 5.87. The lowest BCUT2D eigenvalue weighted by atomic mass is 10.1. The van der Waals surface area contributed by atoms with Crippen molar-refractivity contribution in [3.8, 4) is 0 Å². The third-order valence-corrected chi connectivity index (χ3v) is 4.15. The summed E-state index contributed by atoms with van der Waals surface area (Å²) in [4.78, 5) is 31.0. The van der Waals surface area contributed by atoms with E-state index >= 15 is 0 Å². The van der Waals surface area contributed by atoms with Crippen molar-refractivity contribution in [3.63, 3.8) is 0 Å². The molecule has 0 spiro atoms. The van der Waals surface area contributed by atoms with Crippen molar-refractivity contribution in [1.82, 2.24) is 24.6 Å². The summed E-state index contributed by atoms with van der Waals surface area (Å²) in [5.41, 5.74) is 0.877. The van der Waals surface area contributed by atoms with Gasteiger partial charge in [0.1, 0.15) is 23.5 Å². The molecule has 0 aliphatic carbocycles. The van der Waals surface area contributed by atoms with E-state index in [2.05, 4.69) is 10.1 Å². The molecule has 0 saturated carbocycles. The van der Waals surface area contributed by atoms with Crippen LogP contribution >= 0.6 is 0 Å². The molecule has 8 heteroatoms. The van der Waals surface area contributed by atoms with Crippen molar-refractivity contribution in [2.75, 3.05) is 14.1 Å². The summed E-state index contributed by atoms with van der Waals surface area (Å²) >= 11 is 0. The first-order valence-corrected chi connectivity index (χ1v) is 7.56. The van der Waals surface area contributed by atoms with E-state index in [4.69, 9.17) is 0 Å². The number of aromatic nitrogens is 3. The van der Waals surface area contributed by atoms with Gasteiger partial charge in [0.25, 0.3) is 5.91 Å². The van der Waals surface area contributed by atoms with E-state index in [9.17, 15) is 14.0 Å². The second-order valence-electron chi connectivity index (χ2n) is 5.87. The average molecular weight is 331 g/mol. The smallest absolute Gasteiger partial charge is 0.315 e. The fourth-order valence-electron chi connectivity index (χ4n) is 2.79. The van der Waals surface area contributed by atoms with Crippen LogP contribution in [0, 0.1) is 12.7 Å². The summed E-state index contributed by atoms with van der Waals surface area (Å²) in [5.74, 6) is 0.648. The molecule has 1 aliphatic rings. The van der Waals surface area contributed by atoms with Crippen LogP contribution in [0.1, 0.15) is 17.2 Å². The predicted octanol–water partition coefficient (Wildman–Crippen LogP) is 1.21. The molecule has 2 aromatic rings. The first-order chi connectivity index (χ1) is 11.4. The minimum atomic E-state index is -0.585. The van der Waals surface area contributed by atoms with Gasteiger partial charge in [-0.25, -0.2) is 18.9 Å². The van der Waals surface area contributed by atoms with Gasteiger partial charge in [-0.3, -0.25) is 9.69 Å². The fourth-order valence-corrected chi connectivity index (χ4v) is 2.79. The molecule has 3 amide bonds. The maximum Gasteiger partial charge on any atom is 0.326 e. The molecule has 1 fully saturated rings. The predicted molar refractivity (Wildman–Crippen MR) is 83.7 cm³/mol. The average Bonchev–Trinajstić information content (AvgIpc) is 2.98. The molecular formula is C16H18FN5O2. The van der Waals surface area contributed by atoms with Crippen LogP contribution in [0.5, 0.6) is 0 Å². The minimum absolute atomic E-state index is 0.253. The molecule has 0 N–H and O–H groups in total. The van der Waals surface area contributed by atoms with Crippen LogP contribution < -0.4 is 0 Å². The number of rotatable bonds is 4. The molecular weight excluding hydrogens is 313 g/mol. The fraction of sp³-hybridized carbons (Fsp3) is 0.375. The summed E-state index contributed by atoms with van der Waals surface area (Å²) < 4.78 is 14.7. The van der Waals surface area contributed by atoms with Crippen molar-refractivity contribution in [1.29, 1.82) is 0 Å². The Hall–Kier alpha value is -2.77. The Labute approximate surface area is 138 Å². The van der Waals surface area contributed by atoms with E-state index in [-0.39, 0.29) is 24.2 Å². The zero-order chi connectivity index (χ0) is 17.4. The zero-order valence-electron chi connectivity index (χ0n) is 13.7. The molecule has 3 rings (SSSR count). The van der Waals surface area contributed by atoms with E-state index in [0.717, 1.165) is 10.5 Å². The number of amides is 3. The topological polar surface area (TPSA) is 71.3 Å². The third kappa shape index (κ3) is 2.86. The monoisotopic (exact) mass is 331 g/mol. The van der Waals surface area contributed by atoms with E-state index in [1.54, 1.807) is 30.8 Å². The number of urea groups is 1. The number of carbonyl (C=O) groups excluding carboxylic acids is 2. The van der Waals surface area contributed by atoms with Gasteiger partial charge in [-0.05, 0) is 24.6 Å². The maximum absolute atomic E-state index is 13.0. The Bertz CT molecular complexity index is 786. The molecule has 1 saturated heterocycles. The summed E-state index contributed by atoms with van der Waals surface area (Å²) in [6, 6.07) is 5.23. The van der Waals surface area contributed by atoms with E-state index < -0.39 is 6.04 Å². The molecule has 1 atom stereocenters. The number of hydrogen-bond donors (Lipinski definition) is 0. The number of nitrogens with zero attached hydrogens (tertiary/aromatic N) is 5. The van der Waals surface area contributed by atoms with Gasteiger partial charge in [-0.15, -0.1) is 0 Å². The number of hydrogen-bond acceptors (Lipinski definition) is 4. The summed E-state index contributed by atoms with van der Waals surface area (Å²) in [6.45, 7) is 2.19. The van der Waals surface area contributed by atoms with Crippen molar-refractivity contribution in [2.24, 2.45) is 0 Å². The highest BCUT2D eigenvalue weighted by Gasteiger charge is 2.41. The van der Waals surface area contributed by atoms with Crippen LogP contribution in [0.3, 0.4) is 0 Å². The lowest BCUT2D eigenvalue weighted by Gasteiger charge is -2.16. The van der Waals surface area contributed by atoms with E-state index in [1.165, 1.54) is 24.1 Å². The highest BCUT2D eigenvalue weighted by molar-refractivity contribution is 6.03. The molecule has 126 valence electrons. The highest BCUT2D eigenvalue weighted by atomic mass is 19.1.